The number of aryl methyl sites for hydroxylation is 1. The third-order valence-electron chi connectivity index (χ3n) is 6.81. The van der Waals surface area contributed by atoms with Crippen LogP contribution in [0.4, 0.5) is 0 Å². The molecular weight excluding hydrogens is 558 g/mol. The third-order valence-corrected chi connectivity index (χ3v) is 8.63. The molecule has 0 spiro atoms. The smallest absolute Gasteiger partial charge is 0.243 e. The average molecular weight is 598 g/mol. The molecule has 0 aliphatic rings. The Hall–Kier alpha value is -3.20. The van der Waals surface area contributed by atoms with E-state index in [1.54, 1.807) is 48.2 Å². The molecule has 0 unspecified atom stereocenters. The Morgan fingerprint density at radius 2 is 1.51 bits per heavy atom. The second kappa shape index (κ2) is 16.3. The topological polar surface area (TPSA) is 95.6 Å². The van der Waals surface area contributed by atoms with Crippen LogP contribution >= 0.6 is 11.6 Å². The predicted molar refractivity (Wildman–Crippen MR) is 164 cm³/mol. The summed E-state index contributed by atoms with van der Waals surface area (Å²) in [4.78, 5) is 29.2. The lowest BCUT2D eigenvalue weighted by Crippen LogP contribution is -2.50. The fourth-order valence-corrected chi connectivity index (χ4v) is 5.72. The lowest BCUT2D eigenvalue weighted by atomic mass is 10.0. The standard InChI is InChI=1S/C32H40ClN3O4S/c1-3-5-9-22-34-32(38)30(23-26-10-7-6-8-11-26)36(24-27-12-17-28(33)18-13-27)31(37)21-16-25-14-19-29(20-15-25)41(39,40)35-4-2/h6-8,10-15,17-20,30,35H,3-5,9,16,21-24H2,1-2H3,(H,34,38)/t30-/m1/s1. The molecule has 220 valence electrons. The van der Waals surface area contributed by atoms with Gasteiger partial charge in [-0.1, -0.05) is 92.9 Å². The second-order valence-electron chi connectivity index (χ2n) is 10.00. The Labute approximate surface area is 249 Å². The molecule has 0 radical (unpaired) electrons. The van der Waals surface area contributed by atoms with Crippen molar-refractivity contribution in [2.45, 2.75) is 69.9 Å². The van der Waals surface area contributed by atoms with Crippen LogP contribution in [0, 0.1) is 0 Å². The largest absolute Gasteiger partial charge is 0.354 e. The average Bonchev–Trinajstić information content (AvgIpc) is 2.97. The van der Waals surface area contributed by atoms with Gasteiger partial charge in [0, 0.05) is 37.5 Å². The summed E-state index contributed by atoms with van der Waals surface area (Å²) in [7, 11) is -3.55. The van der Waals surface area contributed by atoms with Crippen molar-refractivity contribution in [3.05, 3.63) is 101 Å². The van der Waals surface area contributed by atoms with Crippen LogP contribution in [0.15, 0.2) is 83.8 Å². The number of benzene rings is 3. The second-order valence-corrected chi connectivity index (χ2v) is 12.2. The van der Waals surface area contributed by atoms with Crippen molar-refractivity contribution in [3.8, 4) is 0 Å². The lowest BCUT2D eigenvalue weighted by Gasteiger charge is -2.32. The van der Waals surface area contributed by atoms with Gasteiger partial charge in [-0.3, -0.25) is 9.59 Å². The predicted octanol–water partition coefficient (Wildman–Crippen LogP) is 5.52. The monoisotopic (exact) mass is 597 g/mol. The van der Waals surface area contributed by atoms with E-state index in [1.807, 2.05) is 42.5 Å². The number of nitrogens with one attached hydrogen (secondary N) is 2. The number of amides is 2. The Morgan fingerprint density at radius 1 is 0.854 bits per heavy atom. The Bertz CT molecular complexity index is 1350. The van der Waals surface area contributed by atoms with Crippen molar-refractivity contribution in [2.75, 3.05) is 13.1 Å². The van der Waals surface area contributed by atoms with E-state index in [4.69, 9.17) is 11.6 Å². The van der Waals surface area contributed by atoms with Gasteiger partial charge in [-0.2, -0.15) is 0 Å². The van der Waals surface area contributed by atoms with Gasteiger partial charge in [0.15, 0.2) is 0 Å². The molecule has 2 amide bonds. The zero-order chi connectivity index (χ0) is 29.7. The molecule has 1 atom stereocenters. The summed E-state index contributed by atoms with van der Waals surface area (Å²) in [5.41, 5.74) is 2.68. The van der Waals surface area contributed by atoms with Gasteiger partial charge in [0.1, 0.15) is 6.04 Å². The summed E-state index contributed by atoms with van der Waals surface area (Å²) in [6, 6.07) is 22.8. The van der Waals surface area contributed by atoms with Crippen molar-refractivity contribution in [1.29, 1.82) is 0 Å². The molecule has 0 aromatic heterocycles. The van der Waals surface area contributed by atoms with Gasteiger partial charge >= 0.3 is 0 Å². The van der Waals surface area contributed by atoms with Crippen LogP contribution in [0.3, 0.4) is 0 Å². The van der Waals surface area contributed by atoms with Crippen LogP contribution in [0.1, 0.15) is 56.2 Å². The molecule has 3 aromatic rings. The number of hydrogen-bond donors (Lipinski definition) is 2. The molecule has 0 bridgehead atoms. The summed E-state index contributed by atoms with van der Waals surface area (Å²) >= 11 is 6.10. The molecule has 0 saturated carbocycles. The van der Waals surface area contributed by atoms with E-state index in [0.717, 1.165) is 36.0 Å². The number of unbranched alkanes of at least 4 members (excludes halogenated alkanes) is 2. The molecule has 7 nitrogen and oxygen atoms in total. The van der Waals surface area contributed by atoms with E-state index in [0.29, 0.717) is 31.0 Å². The maximum absolute atomic E-state index is 13.8. The molecule has 3 aromatic carbocycles. The van der Waals surface area contributed by atoms with Crippen LogP contribution in [0.25, 0.3) is 0 Å². The maximum atomic E-state index is 13.8. The molecule has 3 rings (SSSR count). The minimum atomic E-state index is -3.55. The molecule has 0 heterocycles. The van der Waals surface area contributed by atoms with Crippen LogP contribution in [-0.4, -0.2) is 44.3 Å². The first kappa shape index (κ1) is 32.3. The minimum absolute atomic E-state index is 0.158. The van der Waals surface area contributed by atoms with Crippen molar-refractivity contribution in [2.24, 2.45) is 0 Å². The third kappa shape index (κ3) is 10.3. The number of hydrogen-bond acceptors (Lipinski definition) is 4. The number of carbonyl (C=O) groups excluding carboxylic acids is 2. The molecule has 0 aliphatic carbocycles. The molecule has 0 fully saturated rings. The van der Waals surface area contributed by atoms with Crippen molar-refractivity contribution in [3.63, 3.8) is 0 Å². The number of sulfonamides is 1. The van der Waals surface area contributed by atoms with Gasteiger partial charge in [0.2, 0.25) is 21.8 Å². The highest BCUT2D eigenvalue weighted by atomic mass is 35.5. The number of nitrogens with zero attached hydrogens (tertiary/aromatic N) is 1. The lowest BCUT2D eigenvalue weighted by molar-refractivity contribution is -0.141. The van der Waals surface area contributed by atoms with Gasteiger partial charge < -0.3 is 10.2 Å². The zero-order valence-electron chi connectivity index (χ0n) is 23.8. The molecular formula is C32H40ClN3O4S. The van der Waals surface area contributed by atoms with Gasteiger partial charge in [-0.25, -0.2) is 13.1 Å². The van der Waals surface area contributed by atoms with Gasteiger partial charge in [0.25, 0.3) is 0 Å². The Kier molecular flexibility index (Phi) is 12.8. The number of rotatable bonds is 16. The van der Waals surface area contributed by atoms with Gasteiger partial charge in [-0.15, -0.1) is 0 Å². The van der Waals surface area contributed by atoms with E-state index in [9.17, 15) is 18.0 Å². The summed E-state index contributed by atoms with van der Waals surface area (Å²) in [5, 5.41) is 3.65. The highest BCUT2D eigenvalue weighted by Gasteiger charge is 2.30. The van der Waals surface area contributed by atoms with Crippen LogP contribution in [-0.2, 0) is 39.0 Å². The molecule has 9 heteroatoms. The first-order valence-corrected chi connectivity index (χ1v) is 16.0. The van der Waals surface area contributed by atoms with Gasteiger partial charge in [-0.05, 0) is 53.8 Å². The summed E-state index contributed by atoms with van der Waals surface area (Å²) in [6.45, 7) is 4.96. The highest BCUT2D eigenvalue weighted by Crippen LogP contribution is 2.19. The van der Waals surface area contributed by atoms with Crippen LogP contribution in [0.5, 0.6) is 0 Å². The molecule has 41 heavy (non-hydrogen) atoms. The van der Waals surface area contributed by atoms with E-state index >= 15 is 0 Å². The molecule has 0 aliphatic heterocycles. The fraction of sp³-hybridized carbons (Fsp3) is 0.375. The normalized spacial score (nSPS) is 12.1. The first-order chi connectivity index (χ1) is 19.7. The van der Waals surface area contributed by atoms with E-state index in [-0.39, 0.29) is 29.7 Å². The minimum Gasteiger partial charge on any atom is -0.354 e. The summed E-state index contributed by atoms with van der Waals surface area (Å²) < 4.78 is 27.0. The SMILES string of the molecule is CCCCCNC(=O)[C@@H](Cc1ccccc1)N(Cc1ccc(Cl)cc1)C(=O)CCc1ccc(S(=O)(=O)NCC)cc1. The Morgan fingerprint density at radius 3 is 2.15 bits per heavy atom. The van der Waals surface area contributed by atoms with Crippen molar-refractivity contribution >= 4 is 33.4 Å². The highest BCUT2D eigenvalue weighted by molar-refractivity contribution is 7.89. The molecule has 0 saturated heterocycles. The maximum Gasteiger partial charge on any atom is 0.243 e. The van der Waals surface area contributed by atoms with Crippen molar-refractivity contribution < 1.29 is 18.0 Å². The first-order valence-electron chi connectivity index (χ1n) is 14.2. The van der Waals surface area contributed by atoms with E-state index < -0.39 is 16.1 Å². The van der Waals surface area contributed by atoms with Crippen LogP contribution in [0.2, 0.25) is 5.02 Å². The summed E-state index contributed by atoms with van der Waals surface area (Å²) in [6.07, 6.45) is 3.91. The fourth-order valence-electron chi connectivity index (χ4n) is 4.55. The summed E-state index contributed by atoms with van der Waals surface area (Å²) in [5.74, 6) is -0.334. The Balaban J connectivity index is 1.84. The quantitative estimate of drug-likeness (QED) is 0.213. The number of carbonyl (C=O) groups is 2. The van der Waals surface area contributed by atoms with Gasteiger partial charge in [0.05, 0.1) is 4.90 Å². The molecule has 2 N–H and O–H groups in total. The zero-order valence-corrected chi connectivity index (χ0v) is 25.4. The van der Waals surface area contributed by atoms with Crippen LogP contribution < -0.4 is 10.0 Å². The number of halogens is 1. The van der Waals surface area contributed by atoms with E-state index in [2.05, 4.69) is 17.0 Å². The van der Waals surface area contributed by atoms with E-state index in [1.165, 1.54) is 0 Å². The van der Waals surface area contributed by atoms with Crippen molar-refractivity contribution in [1.82, 2.24) is 14.9 Å².